The van der Waals surface area contributed by atoms with Gasteiger partial charge in [-0.15, -0.1) is 23.2 Å². The summed E-state index contributed by atoms with van der Waals surface area (Å²) in [5.41, 5.74) is 0.596. The van der Waals surface area contributed by atoms with Crippen molar-refractivity contribution in [2.75, 3.05) is 21.3 Å². The van der Waals surface area contributed by atoms with Gasteiger partial charge in [0, 0.05) is 18.5 Å². The predicted octanol–water partition coefficient (Wildman–Crippen LogP) is 2.16. The number of hydrogen-bond acceptors (Lipinski definition) is 8. The SMILES string of the molecule is COC(=O)N1C(=O)[C@H]2[C@H](CC=C3[C@H]2C[C@@]2(Cl)C(=O)N(C)C(=O)[C@@]2(Cl)[C@H]3c2c(O)cccc2OC)C1=O. The number of allylic oxidation sites excluding steroid dienone is 2. The van der Waals surface area contributed by atoms with Gasteiger partial charge in [0.25, 0.3) is 11.8 Å². The van der Waals surface area contributed by atoms with Crippen LogP contribution in [0.4, 0.5) is 4.79 Å². The third kappa shape index (κ3) is 2.77. The Labute approximate surface area is 215 Å². The van der Waals surface area contributed by atoms with Gasteiger partial charge in [-0.05, 0) is 30.9 Å². The molecule has 4 aliphatic rings. The van der Waals surface area contributed by atoms with Gasteiger partial charge in [-0.2, -0.15) is 4.90 Å². The minimum Gasteiger partial charge on any atom is -0.508 e. The zero-order valence-corrected chi connectivity index (χ0v) is 21.0. The fraction of sp³-hybridized carbons (Fsp3) is 0.458. The second kappa shape index (κ2) is 7.94. The summed E-state index contributed by atoms with van der Waals surface area (Å²) in [7, 11) is 3.70. The molecule has 1 aromatic carbocycles. The van der Waals surface area contributed by atoms with Crippen LogP contribution in [-0.2, 0) is 23.9 Å². The van der Waals surface area contributed by atoms with E-state index in [0.717, 1.165) is 12.0 Å². The Kier molecular flexibility index (Phi) is 5.42. The van der Waals surface area contributed by atoms with Crippen molar-refractivity contribution in [3.05, 3.63) is 35.4 Å². The second-order valence-corrected chi connectivity index (χ2v) is 10.6. The Balaban J connectivity index is 1.76. The number of fused-ring (bicyclic) bond motifs is 4. The van der Waals surface area contributed by atoms with E-state index in [4.69, 9.17) is 27.9 Å². The minimum atomic E-state index is -2.06. The minimum absolute atomic E-state index is 0.0706. The summed E-state index contributed by atoms with van der Waals surface area (Å²) in [6.07, 6.45) is 0.418. The van der Waals surface area contributed by atoms with E-state index in [2.05, 4.69) is 4.74 Å². The molecule has 0 unspecified atom stereocenters. The molecule has 5 rings (SSSR count). The van der Waals surface area contributed by atoms with Crippen LogP contribution in [0, 0.1) is 17.8 Å². The topological polar surface area (TPSA) is 131 Å². The first-order valence-electron chi connectivity index (χ1n) is 11.2. The zero-order valence-electron chi connectivity index (χ0n) is 19.5. The Morgan fingerprint density at radius 3 is 2.42 bits per heavy atom. The number of halogens is 2. The lowest BCUT2D eigenvalue weighted by molar-refractivity contribution is -0.139. The fourth-order valence-electron chi connectivity index (χ4n) is 6.33. The number of ether oxygens (including phenoxy) is 2. The van der Waals surface area contributed by atoms with Crippen LogP contribution in [0.3, 0.4) is 0 Å². The number of methoxy groups -OCH3 is 2. The zero-order chi connectivity index (χ0) is 26.3. The number of phenolic OH excluding ortho intramolecular Hbond substituents is 1. The highest BCUT2D eigenvalue weighted by Crippen LogP contribution is 2.66. The van der Waals surface area contributed by atoms with Gasteiger partial charge in [-0.1, -0.05) is 17.7 Å². The first-order chi connectivity index (χ1) is 16.9. The molecule has 0 radical (unpaired) electrons. The lowest BCUT2D eigenvalue weighted by Gasteiger charge is -2.50. The van der Waals surface area contributed by atoms with Crippen molar-refractivity contribution in [1.82, 2.24) is 9.80 Å². The van der Waals surface area contributed by atoms with E-state index >= 15 is 0 Å². The lowest BCUT2D eigenvalue weighted by Crippen LogP contribution is -2.60. The maximum Gasteiger partial charge on any atom is 0.423 e. The molecular weight excluding hydrogens is 515 g/mol. The highest BCUT2D eigenvalue weighted by Gasteiger charge is 2.76. The highest BCUT2D eigenvalue weighted by molar-refractivity contribution is 6.53. The van der Waals surface area contributed by atoms with Crippen LogP contribution in [0.25, 0.3) is 0 Å². The smallest absolute Gasteiger partial charge is 0.423 e. The molecule has 10 nitrogen and oxygen atoms in total. The Morgan fingerprint density at radius 2 is 1.78 bits per heavy atom. The van der Waals surface area contributed by atoms with Gasteiger partial charge in [0.2, 0.25) is 11.8 Å². The maximum atomic E-state index is 13.5. The summed E-state index contributed by atoms with van der Waals surface area (Å²) in [6.45, 7) is 0. The molecule has 1 aromatic rings. The van der Waals surface area contributed by atoms with Crippen LogP contribution < -0.4 is 4.74 Å². The molecule has 0 aromatic heterocycles. The molecule has 190 valence electrons. The first kappa shape index (κ1) is 24.6. The van der Waals surface area contributed by atoms with Crippen molar-refractivity contribution < 1.29 is 38.6 Å². The van der Waals surface area contributed by atoms with Crippen LogP contribution in [0.15, 0.2) is 29.8 Å². The monoisotopic (exact) mass is 536 g/mol. The quantitative estimate of drug-likeness (QED) is 0.345. The number of imide groups is 4. The average Bonchev–Trinajstić information content (AvgIpc) is 3.19. The highest BCUT2D eigenvalue weighted by atomic mass is 35.5. The summed E-state index contributed by atoms with van der Waals surface area (Å²) in [5, 5.41) is 10.9. The van der Waals surface area contributed by atoms with Gasteiger partial charge in [-0.3, -0.25) is 24.1 Å². The summed E-state index contributed by atoms with van der Waals surface area (Å²) >= 11 is 14.1. The van der Waals surface area contributed by atoms with E-state index < -0.39 is 63.1 Å². The normalized spacial score (nSPS) is 35.3. The van der Waals surface area contributed by atoms with Gasteiger partial charge >= 0.3 is 6.09 Å². The molecule has 0 bridgehead atoms. The van der Waals surface area contributed by atoms with E-state index in [1.807, 2.05) is 0 Å². The molecule has 3 fully saturated rings. The number of carbonyl (C=O) groups excluding carboxylic acids is 5. The van der Waals surface area contributed by atoms with Crippen LogP contribution in [-0.4, -0.2) is 75.6 Å². The third-order valence-electron chi connectivity index (χ3n) is 7.92. The largest absolute Gasteiger partial charge is 0.508 e. The molecule has 1 saturated carbocycles. The summed E-state index contributed by atoms with van der Waals surface area (Å²) in [4.78, 5) is 62.7. The van der Waals surface area contributed by atoms with Gasteiger partial charge in [0.1, 0.15) is 11.5 Å². The lowest BCUT2D eigenvalue weighted by atomic mass is 9.56. The number of alkyl halides is 2. The van der Waals surface area contributed by atoms with Gasteiger partial charge in [0.05, 0.1) is 26.1 Å². The van der Waals surface area contributed by atoms with Crippen molar-refractivity contribution in [2.24, 2.45) is 17.8 Å². The standard InChI is InChI=1S/C24H22Cl2N2O8/c1-27-20(32)23(25)9-12-10(7-8-11-15(12)19(31)28(18(11)30)22(34)36-3)17(24(23,26)21(27)33)16-13(29)5-4-6-14(16)35-2/h4-7,11-12,15,17,29H,8-9H2,1-3H3/t11-,12+,15-,17+,23+,24-/m0/s1. The number of nitrogens with zero attached hydrogens (tertiary/aromatic N) is 2. The number of hydrogen-bond donors (Lipinski definition) is 1. The number of aromatic hydroxyl groups is 1. The first-order valence-corrected chi connectivity index (χ1v) is 11.9. The number of phenols is 1. The molecule has 2 aliphatic heterocycles. The van der Waals surface area contributed by atoms with E-state index in [0.29, 0.717) is 10.5 Å². The predicted molar refractivity (Wildman–Crippen MR) is 124 cm³/mol. The van der Waals surface area contributed by atoms with Gasteiger partial charge in [0.15, 0.2) is 9.75 Å². The second-order valence-electron chi connectivity index (χ2n) is 9.37. The molecule has 0 spiro atoms. The Hall–Kier alpha value is -3.11. The maximum absolute atomic E-state index is 13.5. The Morgan fingerprint density at radius 1 is 1.08 bits per heavy atom. The molecule has 2 saturated heterocycles. The van der Waals surface area contributed by atoms with Crippen molar-refractivity contribution in [1.29, 1.82) is 0 Å². The van der Waals surface area contributed by atoms with E-state index in [1.54, 1.807) is 18.2 Å². The number of benzene rings is 1. The van der Waals surface area contributed by atoms with Crippen molar-refractivity contribution in [3.8, 4) is 11.5 Å². The van der Waals surface area contributed by atoms with E-state index in [1.165, 1.54) is 20.2 Å². The van der Waals surface area contributed by atoms with Crippen LogP contribution in [0.2, 0.25) is 0 Å². The summed E-state index contributed by atoms with van der Waals surface area (Å²) < 4.78 is 10.1. The van der Waals surface area contributed by atoms with Crippen LogP contribution in [0.1, 0.15) is 24.3 Å². The molecule has 5 amide bonds. The van der Waals surface area contributed by atoms with Gasteiger partial charge in [-0.25, -0.2) is 4.79 Å². The molecule has 36 heavy (non-hydrogen) atoms. The third-order valence-corrected chi connectivity index (χ3v) is 9.34. The molecule has 2 heterocycles. The summed E-state index contributed by atoms with van der Waals surface area (Å²) in [5.74, 6) is -6.99. The fourth-order valence-corrected chi connectivity index (χ4v) is 7.34. The molecule has 12 heteroatoms. The van der Waals surface area contributed by atoms with Crippen molar-refractivity contribution >= 4 is 52.9 Å². The number of amides is 5. The molecular formula is C24H22Cl2N2O8. The van der Waals surface area contributed by atoms with E-state index in [-0.39, 0.29) is 29.9 Å². The molecule has 1 N–H and O–H groups in total. The van der Waals surface area contributed by atoms with Crippen LogP contribution >= 0.6 is 23.2 Å². The number of likely N-dealkylation sites (tertiary alicyclic amines) is 2. The average molecular weight is 537 g/mol. The van der Waals surface area contributed by atoms with Gasteiger partial charge < -0.3 is 14.6 Å². The summed E-state index contributed by atoms with van der Waals surface area (Å²) in [6, 6.07) is 4.49. The number of rotatable bonds is 2. The molecule has 2 aliphatic carbocycles. The van der Waals surface area contributed by atoms with E-state index in [9.17, 15) is 29.1 Å². The van der Waals surface area contributed by atoms with Crippen molar-refractivity contribution in [3.63, 3.8) is 0 Å². The number of carbonyl (C=O) groups is 5. The molecule has 6 atom stereocenters. The van der Waals surface area contributed by atoms with Crippen LogP contribution in [0.5, 0.6) is 11.5 Å². The Bertz CT molecular complexity index is 1280. The van der Waals surface area contributed by atoms with Crippen molar-refractivity contribution in [2.45, 2.75) is 28.5 Å².